The first-order valence-corrected chi connectivity index (χ1v) is 12.8. The van der Waals surface area contributed by atoms with Gasteiger partial charge in [0, 0.05) is 5.41 Å². The minimum atomic E-state index is -0.776. The van der Waals surface area contributed by atoms with E-state index in [4.69, 9.17) is 21.1 Å². The predicted octanol–water partition coefficient (Wildman–Crippen LogP) is 3.43. The lowest BCUT2D eigenvalue weighted by molar-refractivity contribution is 0.0881. The van der Waals surface area contributed by atoms with Crippen molar-refractivity contribution in [1.82, 2.24) is 15.0 Å². The predicted molar refractivity (Wildman–Crippen MR) is 142 cm³/mol. The molecule has 0 fully saturated rings. The highest BCUT2D eigenvalue weighted by molar-refractivity contribution is 14.1. The second kappa shape index (κ2) is 12.4. The van der Waals surface area contributed by atoms with Gasteiger partial charge < -0.3 is 24.8 Å². The first-order chi connectivity index (χ1) is 16.6. The van der Waals surface area contributed by atoms with Crippen molar-refractivity contribution in [2.24, 2.45) is 0 Å². The van der Waals surface area contributed by atoms with Crippen molar-refractivity contribution in [1.29, 1.82) is 0 Å². The Morgan fingerprint density at radius 1 is 1.03 bits per heavy atom. The molecule has 0 spiro atoms. The SMILES string of the molecule is Cc1cc(C(C)(C)c2ccc(OCC(O)Cn3nnc(CO)c3I)cc2)ccc1OC[C@@H](O)CCl. The first kappa shape index (κ1) is 27.7. The summed E-state index contributed by atoms with van der Waals surface area (Å²) in [6.07, 6.45) is -1.47. The molecule has 0 aliphatic carbocycles. The number of aromatic nitrogens is 3. The van der Waals surface area contributed by atoms with E-state index in [1.807, 2.05) is 65.9 Å². The Balaban J connectivity index is 1.60. The molecule has 2 aromatic carbocycles. The van der Waals surface area contributed by atoms with Crippen LogP contribution < -0.4 is 9.47 Å². The summed E-state index contributed by atoms with van der Waals surface area (Å²) in [5, 5.41) is 37.0. The minimum Gasteiger partial charge on any atom is -0.491 e. The molecule has 0 aliphatic rings. The zero-order chi connectivity index (χ0) is 25.6. The summed E-state index contributed by atoms with van der Waals surface area (Å²) >= 11 is 7.68. The molecular weight excluding hydrogens is 585 g/mol. The molecule has 35 heavy (non-hydrogen) atoms. The molecule has 0 saturated heterocycles. The van der Waals surface area contributed by atoms with Crippen LogP contribution in [0.25, 0.3) is 0 Å². The number of aliphatic hydroxyl groups is 3. The fourth-order valence-corrected chi connectivity index (χ4v) is 4.22. The number of ether oxygens (including phenoxy) is 2. The highest BCUT2D eigenvalue weighted by atomic mass is 127. The minimum absolute atomic E-state index is 0.103. The Labute approximate surface area is 224 Å². The largest absolute Gasteiger partial charge is 0.491 e. The van der Waals surface area contributed by atoms with Gasteiger partial charge in [-0.2, -0.15) is 0 Å². The van der Waals surface area contributed by atoms with Crippen molar-refractivity contribution in [3.8, 4) is 11.5 Å². The quantitative estimate of drug-likeness (QED) is 0.212. The molecule has 1 aromatic heterocycles. The van der Waals surface area contributed by atoms with E-state index in [1.54, 1.807) is 4.68 Å². The topological polar surface area (TPSA) is 110 Å². The van der Waals surface area contributed by atoms with Gasteiger partial charge in [0.25, 0.3) is 0 Å². The number of nitrogens with zero attached hydrogens (tertiary/aromatic N) is 3. The molecule has 190 valence electrons. The number of halogens is 2. The van der Waals surface area contributed by atoms with Crippen molar-refractivity contribution in [3.63, 3.8) is 0 Å². The fourth-order valence-electron chi connectivity index (χ4n) is 3.56. The lowest BCUT2D eigenvalue weighted by atomic mass is 9.77. The van der Waals surface area contributed by atoms with Gasteiger partial charge in [0.2, 0.25) is 0 Å². The summed E-state index contributed by atoms with van der Waals surface area (Å²) in [5.74, 6) is 1.52. The van der Waals surface area contributed by atoms with Crippen molar-refractivity contribution in [2.75, 3.05) is 19.1 Å². The molecule has 0 radical (unpaired) electrons. The molecule has 0 saturated carbocycles. The second-order valence-corrected chi connectivity index (χ2v) is 10.2. The maximum absolute atomic E-state index is 10.3. The van der Waals surface area contributed by atoms with Crippen LogP contribution in [0.5, 0.6) is 11.5 Å². The first-order valence-electron chi connectivity index (χ1n) is 11.2. The van der Waals surface area contributed by atoms with Gasteiger partial charge >= 0.3 is 0 Å². The average molecular weight is 616 g/mol. The van der Waals surface area contributed by atoms with Crippen LogP contribution in [0.4, 0.5) is 0 Å². The summed E-state index contributed by atoms with van der Waals surface area (Å²) in [5.41, 5.74) is 3.46. The molecule has 3 rings (SSSR count). The van der Waals surface area contributed by atoms with Gasteiger partial charge in [-0.3, -0.25) is 0 Å². The van der Waals surface area contributed by atoms with E-state index in [0.717, 1.165) is 22.4 Å². The number of aryl methyl sites for hydroxylation is 1. The van der Waals surface area contributed by atoms with E-state index in [1.165, 1.54) is 0 Å². The summed E-state index contributed by atoms with van der Waals surface area (Å²) in [4.78, 5) is 0. The fraction of sp³-hybridized carbons (Fsp3) is 0.440. The highest BCUT2D eigenvalue weighted by Crippen LogP contribution is 2.34. The Morgan fingerprint density at radius 2 is 1.69 bits per heavy atom. The van der Waals surface area contributed by atoms with Crippen molar-refractivity contribution in [3.05, 3.63) is 68.5 Å². The van der Waals surface area contributed by atoms with Crippen LogP contribution in [0.2, 0.25) is 0 Å². The third-order valence-electron chi connectivity index (χ3n) is 5.80. The number of rotatable bonds is 12. The molecule has 3 aromatic rings. The van der Waals surface area contributed by atoms with Crippen molar-refractivity contribution >= 4 is 34.2 Å². The maximum atomic E-state index is 10.3. The van der Waals surface area contributed by atoms with E-state index < -0.39 is 12.2 Å². The number of alkyl halides is 1. The molecule has 1 unspecified atom stereocenters. The normalized spacial score (nSPS) is 13.5. The lowest BCUT2D eigenvalue weighted by Crippen LogP contribution is -2.25. The van der Waals surface area contributed by atoms with E-state index >= 15 is 0 Å². The van der Waals surface area contributed by atoms with Crippen molar-refractivity contribution < 1.29 is 24.8 Å². The van der Waals surface area contributed by atoms with Gasteiger partial charge in [-0.05, 0) is 64.4 Å². The standard InChI is InChI=1S/C25H31ClIN3O5/c1-16-10-18(6-9-23(16)35-14-19(32)11-26)25(2,3)17-4-7-21(8-5-17)34-15-20(33)12-30-24(27)22(13-31)28-29-30/h4-10,19-20,31-33H,11-15H2,1-3H3/t19-,20?/m0/s1. The van der Waals surface area contributed by atoms with Crippen LogP contribution >= 0.6 is 34.2 Å². The Hall–Kier alpha value is -1.92. The van der Waals surface area contributed by atoms with Crippen molar-refractivity contribution in [2.45, 2.75) is 51.5 Å². The molecular formula is C25H31ClIN3O5. The maximum Gasteiger partial charge on any atom is 0.125 e. The van der Waals surface area contributed by atoms with Crippen LogP contribution in [0, 0.1) is 10.6 Å². The van der Waals surface area contributed by atoms with Gasteiger partial charge in [-0.1, -0.05) is 43.3 Å². The number of hydrogen-bond donors (Lipinski definition) is 3. The van der Waals surface area contributed by atoms with Gasteiger partial charge in [-0.25, -0.2) is 4.68 Å². The van der Waals surface area contributed by atoms with Crippen LogP contribution in [0.15, 0.2) is 42.5 Å². The summed E-state index contributed by atoms with van der Waals surface area (Å²) < 4.78 is 13.7. The smallest absolute Gasteiger partial charge is 0.125 e. The zero-order valence-corrected chi connectivity index (χ0v) is 22.9. The Kier molecular flexibility index (Phi) is 9.77. The summed E-state index contributed by atoms with van der Waals surface area (Å²) in [7, 11) is 0. The molecule has 2 atom stereocenters. The Bertz CT molecular complexity index is 1110. The van der Waals surface area contributed by atoms with Crippen LogP contribution in [-0.2, 0) is 18.6 Å². The van der Waals surface area contributed by atoms with Gasteiger partial charge in [0.05, 0.1) is 19.0 Å². The molecule has 3 N–H and O–H groups in total. The van der Waals surface area contributed by atoms with Crippen LogP contribution in [0.3, 0.4) is 0 Å². The van der Waals surface area contributed by atoms with E-state index in [-0.39, 0.29) is 37.7 Å². The summed E-state index contributed by atoms with van der Waals surface area (Å²) in [6.45, 7) is 6.58. The summed E-state index contributed by atoms with van der Waals surface area (Å²) in [6, 6.07) is 13.9. The molecule has 1 heterocycles. The second-order valence-electron chi connectivity index (χ2n) is 8.88. The van der Waals surface area contributed by atoms with Gasteiger partial charge in [0.15, 0.2) is 0 Å². The molecule has 8 nitrogen and oxygen atoms in total. The molecule has 0 aliphatic heterocycles. The number of benzene rings is 2. The van der Waals surface area contributed by atoms with E-state index in [9.17, 15) is 15.3 Å². The molecule has 10 heteroatoms. The van der Waals surface area contributed by atoms with Crippen LogP contribution in [-0.4, -0.2) is 61.6 Å². The molecule has 0 amide bonds. The van der Waals surface area contributed by atoms with Crippen LogP contribution in [0.1, 0.15) is 36.2 Å². The average Bonchev–Trinajstić information content (AvgIpc) is 3.20. The number of hydrogen-bond acceptors (Lipinski definition) is 7. The zero-order valence-electron chi connectivity index (χ0n) is 20.0. The third kappa shape index (κ3) is 7.07. The Morgan fingerprint density at radius 3 is 2.29 bits per heavy atom. The number of aliphatic hydroxyl groups excluding tert-OH is 3. The molecule has 0 bridgehead atoms. The third-order valence-corrected chi connectivity index (χ3v) is 7.33. The van der Waals surface area contributed by atoms with E-state index in [2.05, 4.69) is 30.2 Å². The lowest BCUT2D eigenvalue weighted by Gasteiger charge is -2.27. The monoisotopic (exact) mass is 615 g/mol. The van der Waals surface area contributed by atoms with Gasteiger partial charge in [0.1, 0.15) is 46.3 Å². The van der Waals surface area contributed by atoms with E-state index in [0.29, 0.717) is 15.1 Å². The highest BCUT2D eigenvalue weighted by Gasteiger charge is 2.24. The van der Waals surface area contributed by atoms with Gasteiger partial charge in [-0.15, -0.1) is 16.7 Å².